The van der Waals surface area contributed by atoms with E-state index in [0.717, 1.165) is 54.0 Å². The van der Waals surface area contributed by atoms with Gasteiger partial charge in [-0.3, -0.25) is 0 Å². The number of aryl methyl sites for hydroxylation is 1. The summed E-state index contributed by atoms with van der Waals surface area (Å²) in [6.07, 6.45) is 0.243. The topological polar surface area (TPSA) is 93.9 Å². The van der Waals surface area contributed by atoms with Crippen molar-refractivity contribution in [1.82, 2.24) is 20.1 Å². The summed E-state index contributed by atoms with van der Waals surface area (Å²) in [4.78, 5) is 24.2. The first-order valence-electron chi connectivity index (χ1n) is 16.3. The molecule has 1 aliphatic rings. The van der Waals surface area contributed by atoms with E-state index in [1.807, 2.05) is 43.3 Å². The van der Waals surface area contributed by atoms with Gasteiger partial charge in [0.25, 0.3) is 0 Å². The predicted molar refractivity (Wildman–Crippen MR) is 188 cm³/mol. The number of urea groups is 1. The molecule has 0 spiro atoms. The van der Waals surface area contributed by atoms with Gasteiger partial charge in [0.1, 0.15) is 17.8 Å². The van der Waals surface area contributed by atoms with Gasteiger partial charge in [-0.05, 0) is 86.9 Å². The van der Waals surface area contributed by atoms with Crippen LogP contribution in [0.4, 0.5) is 23.7 Å². The molecule has 9 nitrogen and oxygen atoms in total. The Morgan fingerprint density at radius 1 is 1.06 bits per heavy atom. The number of methoxy groups -OCH3 is 1. The van der Waals surface area contributed by atoms with Gasteiger partial charge in [0.05, 0.1) is 18.5 Å². The third-order valence-electron chi connectivity index (χ3n) is 8.24. The summed E-state index contributed by atoms with van der Waals surface area (Å²) >= 11 is 1.60. The van der Waals surface area contributed by atoms with Gasteiger partial charge in [-0.15, -0.1) is 18.3 Å². The minimum Gasteiger partial charge on any atom is -0.497 e. The van der Waals surface area contributed by atoms with Crippen LogP contribution in [-0.4, -0.2) is 57.3 Å². The Morgan fingerprint density at radius 3 is 2.45 bits per heavy atom. The number of halogens is 3. The fraction of sp³-hybridized carbons (Fsp3) is 0.389. The maximum atomic E-state index is 13.1. The zero-order valence-corrected chi connectivity index (χ0v) is 29.0. The Labute approximate surface area is 288 Å². The fourth-order valence-electron chi connectivity index (χ4n) is 5.64. The molecule has 0 bridgehead atoms. The molecule has 2 unspecified atom stereocenters. The summed E-state index contributed by atoms with van der Waals surface area (Å²) in [6.45, 7) is 8.48. The van der Waals surface area contributed by atoms with Crippen molar-refractivity contribution in [3.63, 3.8) is 0 Å². The van der Waals surface area contributed by atoms with Gasteiger partial charge in [0.2, 0.25) is 0 Å². The second kappa shape index (κ2) is 15.8. The van der Waals surface area contributed by atoms with Crippen LogP contribution in [0.5, 0.6) is 11.5 Å². The summed E-state index contributed by atoms with van der Waals surface area (Å²) in [6, 6.07) is 19.2. The van der Waals surface area contributed by atoms with Crippen LogP contribution in [0.2, 0.25) is 0 Å². The van der Waals surface area contributed by atoms with Gasteiger partial charge in [-0.1, -0.05) is 55.9 Å². The predicted octanol–water partition coefficient (Wildman–Crippen LogP) is 8.77. The highest BCUT2D eigenvalue weighted by Crippen LogP contribution is 2.37. The first-order chi connectivity index (χ1) is 23.4. The number of ether oxygens (including phenoxy) is 2. The molecule has 0 radical (unpaired) electrons. The van der Waals surface area contributed by atoms with Crippen molar-refractivity contribution in [2.45, 2.75) is 77.7 Å². The van der Waals surface area contributed by atoms with Crippen LogP contribution in [0.1, 0.15) is 64.0 Å². The van der Waals surface area contributed by atoms with Gasteiger partial charge in [0.15, 0.2) is 11.0 Å². The van der Waals surface area contributed by atoms with E-state index in [0.29, 0.717) is 22.6 Å². The summed E-state index contributed by atoms with van der Waals surface area (Å²) in [7, 11) is 1.66. The molecule has 5 rings (SSSR count). The van der Waals surface area contributed by atoms with E-state index in [4.69, 9.17) is 4.74 Å². The van der Waals surface area contributed by atoms with Crippen molar-refractivity contribution in [2.75, 3.05) is 17.8 Å². The smallest absolute Gasteiger partial charge is 0.497 e. The molecule has 49 heavy (non-hydrogen) atoms. The Hall–Kier alpha value is -4.52. The molecule has 0 saturated carbocycles. The number of amidine groups is 1. The molecule has 1 N–H and O–H groups in total. The number of hydrogen-bond donors (Lipinski definition) is 1. The Bertz CT molecular complexity index is 1740. The number of nitrogens with zero attached hydrogens (tertiary/aromatic N) is 5. The Morgan fingerprint density at radius 2 is 1.78 bits per heavy atom. The summed E-state index contributed by atoms with van der Waals surface area (Å²) in [5.41, 5.74) is 4.72. The van der Waals surface area contributed by atoms with E-state index in [1.165, 1.54) is 40.8 Å². The van der Waals surface area contributed by atoms with E-state index >= 15 is 0 Å². The minimum absolute atomic E-state index is 0.0547. The highest BCUT2D eigenvalue weighted by molar-refractivity contribution is 8.14. The molecule has 1 fully saturated rings. The fourth-order valence-corrected chi connectivity index (χ4v) is 6.84. The molecule has 1 saturated heterocycles. The molecular weight excluding hydrogens is 653 g/mol. The van der Waals surface area contributed by atoms with E-state index < -0.39 is 6.36 Å². The second-order valence-corrected chi connectivity index (χ2v) is 13.4. The van der Waals surface area contributed by atoms with Gasteiger partial charge in [0, 0.05) is 29.5 Å². The third-order valence-corrected chi connectivity index (χ3v) is 9.23. The molecule has 0 aliphatic carbocycles. The van der Waals surface area contributed by atoms with E-state index in [9.17, 15) is 18.0 Å². The number of carbonyl (C=O) groups is 1. The lowest BCUT2D eigenvalue weighted by atomic mass is 9.99. The number of anilines is 1. The summed E-state index contributed by atoms with van der Waals surface area (Å²) in [5, 5.41) is 8.22. The van der Waals surface area contributed by atoms with Gasteiger partial charge >= 0.3 is 12.4 Å². The van der Waals surface area contributed by atoms with Gasteiger partial charge < -0.3 is 19.7 Å². The largest absolute Gasteiger partial charge is 0.573 e. The minimum atomic E-state index is -4.75. The van der Waals surface area contributed by atoms with E-state index in [1.54, 1.807) is 18.9 Å². The second-order valence-electron chi connectivity index (χ2n) is 12.3. The van der Waals surface area contributed by atoms with Gasteiger partial charge in [-0.2, -0.15) is 4.99 Å². The van der Waals surface area contributed by atoms with Crippen molar-refractivity contribution in [3.05, 3.63) is 84.2 Å². The lowest BCUT2D eigenvalue weighted by Crippen LogP contribution is -2.43. The average molecular weight is 695 g/mol. The van der Waals surface area contributed by atoms with Crippen LogP contribution in [-0.2, 0) is 6.42 Å². The molecule has 2 heterocycles. The molecule has 3 aromatic carbocycles. The standard InChI is InChI=1S/C36H41F3N6O3S/c1-23(2)31-18-17-30(47-5)21-32(31)45-25(4)19-20-49-35(45)42-34(46)41-24(3)7-6-8-26-9-11-27(12-10-26)33-40-22-44(43-33)28-13-15-29(16-14-28)48-36(37,38)39/h9-18,21-25H,6-8,19-20H2,1-5H3,(H,41,46)/b42-35-. The van der Waals surface area contributed by atoms with Crippen molar-refractivity contribution in [3.8, 4) is 28.6 Å². The number of aliphatic imine (C=N–C) groups is 1. The average Bonchev–Trinajstić information content (AvgIpc) is 3.55. The quantitative estimate of drug-likeness (QED) is 0.168. The number of benzene rings is 3. The van der Waals surface area contributed by atoms with Crippen molar-refractivity contribution < 1.29 is 27.4 Å². The molecule has 2 atom stereocenters. The Balaban J connectivity index is 1.14. The number of amides is 2. The van der Waals surface area contributed by atoms with Gasteiger partial charge in [-0.25, -0.2) is 14.5 Å². The lowest BCUT2D eigenvalue weighted by molar-refractivity contribution is -0.274. The number of alkyl halides is 3. The molecule has 2 amide bonds. The lowest BCUT2D eigenvalue weighted by Gasteiger charge is -2.37. The highest BCUT2D eigenvalue weighted by Gasteiger charge is 2.31. The van der Waals surface area contributed by atoms with Crippen molar-refractivity contribution in [1.29, 1.82) is 0 Å². The maximum absolute atomic E-state index is 13.1. The third kappa shape index (κ3) is 9.56. The SMILES string of the molecule is COc1ccc(C(C)C)c(N2/C(=N/C(=O)NC(C)CCCc3ccc(-c4ncn(-c5ccc(OC(F)(F)F)cc5)n4)cc3)SCCC2C)c1. The zero-order valence-electron chi connectivity index (χ0n) is 28.2. The van der Waals surface area contributed by atoms with Crippen molar-refractivity contribution in [2.24, 2.45) is 4.99 Å². The van der Waals surface area contributed by atoms with Crippen LogP contribution in [0.25, 0.3) is 17.1 Å². The molecule has 1 aliphatic heterocycles. The summed E-state index contributed by atoms with van der Waals surface area (Å²) < 4.78 is 48.3. The van der Waals surface area contributed by atoms with Crippen molar-refractivity contribution >= 4 is 28.6 Å². The number of carbonyl (C=O) groups excluding carboxylic acids is 1. The maximum Gasteiger partial charge on any atom is 0.573 e. The highest BCUT2D eigenvalue weighted by atomic mass is 32.2. The number of rotatable bonds is 11. The van der Waals surface area contributed by atoms with Crippen LogP contribution in [0.15, 0.2) is 78.0 Å². The molecule has 13 heteroatoms. The molecule has 4 aromatic rings. The monoisotopic (exact) mass is 694 g/mol. The summed E-state index contributed by atoms with van der Waals surface area (Å²) in [5.74, 6) is 2.16. The number of thioether (sulfide) groups is 1. The first-order valence-corrected chi connectivity index (χ1v) is 17.2. The Kier molecular flexibility index (Phi) is 11.5. The van der Waals surface area contributed by atoms with Crippen LogP contribution in [0.3, 0.4) is 0 Å². The number of aromatic nitrogens is 3. The zero-order chi connectivity index (χ0) is 35.1. The molecule has 1 aromatic heterocycles. The van der Waals surface area contributed by atoms with E-state index in [2.05, 4.69) is 56.9 Å². The normalized spacial score (nSPS) is 16.6. The molecular formula is C36H41F3N6O3S. The number of nitrogens with one attached hydrogen (secondary N) is 1. The molecule has 260 valence electrons. The number of hydrogen-bond acceptors (Lipinski definition) is 6. The van der Waals surface area contributed by atoms with Crippen LogP contribution >= 0.6 is 11.8 Å². The van der Waals surface area contributed by atoms with E-state index in [-0.39, 0.29) is 23.9 Å². The van der Waals surface area contributed by atoms with Crippen LogP contribution < -0.4 is 19.7 Å². The first kappa shape index (κ1) is 35.8. The van der Waals surface area contributed by atoms with Crippen LogP contribution in [0, 0.1) is 0 Å².